The summed E-state index contributed by atoms with van der Waals surface area (Å²) in [4.78, 5) is 39.8. The number of hydrogen-bond acceptors (Lipinski definition) is 4. The van der Waals surface area contributed by atoms with Crippen molar-refractivity contribution in [3.63, 3.8) is 0 Å². The first-order valence-corrected chi connectivity index (χ1v) is 14.4. The molecule has 4 fully saturated rings. The molecule has 4 aliphatic rings. The standard InChI is InChI=1S/C29H41NO3S/c1-17(14-26(33)30-18(2)25-6-5-13-34-25)21-7-8-22-27-23(10-12-29(21,22)4)28(3)11-9-20(31)15-19(28)16-24(27)32/h5-6,13,17-19,21-23,27H,7-12,14-16H2,1-4H3,(H,30,33)/t17-,18?,19?,21?,22+,23+,27?,28?,29?/m1/s1. The van der Waals surface area contributed by atoms with Gasteiger partial charge in [0, 0.05) is 36.5 Å². The van der Waals surface area contributed by atoms with Crippen LogP contribution in [0.25, 0.3) is 0 Å². The fourth-order valence-electron chi connectivity index (χ4n) is 9.04. The van der Waals surface area contributed by atoms with Crippen molar-refractivity contribution in [2.45, 2.75) is 91.5 Å². The third-order valence-corrected chi connectivity index (χ3v) is 12.0. The predicted octanol–water partition coefficient (Wildman–Crippen LogP) is 6.36. The molecule has 1 aromatic heterocycles. The highest BCUT2D eigenvalue weighted by molar-refractivity contribution is 7.10. The molecule has 4 saturated carbocycles. The average Bonchev–Trinajstić information content (AvgIpc) is 3.42. The summed E-state index contributed by atoms with van der Waals surface area (Å²) in [5.41, 5.74) is 0.291. The van der Waals surface area contributed by atoms with Crippen molar-refractivity contribution in [1.82, 2.24) is 5.32 Å². The predicted molar refractivity (Wildman–Crippen MR) is 135 cm³/mol. The maximum atomic E-state index is 13.5. The summed E-state index contributed by atoms with van der Waals surface area (Å²) in [7, 11) is 0. The lowest BCUT2D eigenvalue weighted by Crippen LogP contribution is -2.57. The Morgan fingerprint density at radius 2 is 1.85 bits per heavy atom. The molecule has 6 unspecified atom stereocenters. The van der Waals surface area contributed by atoms with Crippen molar-refractivity contribution in [1.29, 1.82) is 0 Å². The van der Waals surface area contributed by atoms with Crippen LogP contribution in [0.3, 0.4) is 0 Å². The molecule has 1 N–H and O–H groups in total. The monoisotopic (exact) mass is 483 g/mol. The second-order valence-corrected chi connectivity index (χ2v) is 13.5. The summed E-state index contributed by atoms with van der Waals surface area (Å²) in [6, 6.07) is 4.16. The number of carbonyl (C=O) groups excluding carboxylic acids is 3. The van der Waals surface area contributed by atoms with Gasteiger partial charge in [-0.25, -0.2) is 0 Å². The highest BCUT2D eigenvalue weighted by Crippen LogP contribution is 2.67. The lowest BCUT2D eigenvalue weighted by molar-refractivity contribution is -0.159. The minimum absolute atomic E-state index is 0.0537. The Bertz CT molecular complexity index is 957. The third-order valence-electron chi connectivity index (χ3n) is 10.9. The van der Waals surface area contributed by atoms with Gasteiger partial charge in [0.1, 0.15) is 11.6 Å². The van der Waals surface area contributed by atoms with Gasteiger partial charge < -0.3 is 5.32 Å². The van der Waals surface area contributed by atoms with E-state index < -0.39 is 0 Å². The number of rotatable bonds is 5. The molecule has 4 aliphatic carbocycles. The van der Waals surface area contributed by atoms with Crippen LogP contribution in [0, 0.1) is 46.3 Å². The van der Waals surface area contributed by atoms with Crippen LogP contribution in [0.4, 0.5) is 0 Å². The van der Waals surface area contributed by atoms with E-state index in [1.807, 2.05) is 6.07 Å². The van der Waals surface area contributed by atoms with Crippen molar-refractivity contribution in [3.8, 4) is 0 Å². The molecule has 0 spiro atoms. The molecule has 9 atom stereocenters. The molecule has 0 aromatic carbocycles. The number of amides is 1. The van der Waals surface area contributed by atoms with E-state index in [0.29, 0.717) is 60.9 Å². The number of ketones is 2. The first kappa shape index (κ1) is 24.2. The average molecular weight is 484 g/mol. The van der Waals surface area contributed by atoms with Crippen LogP contribution >= 0.6 is 11.3 Å². The van der Waals surface area contributed by atoms with Gasteiger partial charge in [-0.2, -0.15) is 0 Å². The van der Waals surface area contributed by atoms with E-state index in [4.69, 9.17) is 0 Å². The Balaban J connectivity index is 1.28. The zero-order valence-corrected chi connectivity index (χ0v) is 22.1. The molecule has 1 amide bonds. The van der Waals surface area contributed by atoms with Crippen LogP contribution in [0.1, 0.15) is 96.4 Å². The van der Waals surface area contributed by atoms with Crippen LogP contribution < -0.4 is 5.32 Å². The summed E-state index contributed by atoms with van der Waals surface area (Å²) < 4.78 is 0. The van der Waals surface area contributed by atoms with Gasteiger partial charge in [-0.05, 0) is 90.9 Å². The first-order valence-electron chi connectivity index (χ1n) is 13.5. The van der Waals surface area contributed by atoms with Gasteiger partial charge in [0.25, 0.3) is 0 Å². The Morgan fingerprint density at radius 1 is 1.09 bits per heavy atom. The van der Waals surface area contributed by atoms with Gasteiger partial charge in [-0.15, -0.1) is 11.3 Å². The summed E-state index contributed by atoms with van der Waals surface area (Å²) in [6.45, 7) is 9.14. The van der Waals surface area contributed by atoms with E-state index in [1.54, 1.807) is 11.3 Å². The summed E-state index contributed by atoms with van der Waals surface area (Å²) in [6.07, 6.45) is 7.97. The van der Waals surface area contributed by atoms with Crippen molar-refractivity contribution in [3.05, 3.63) is 22.4 Å². The molecule has 1 heterocycles. The van der Waals surface area contributed by atoms with Crippen LogP contribution in [-0.2, 0) is 14.4 Å². The minimum Gasteiger partial charge on any atom is -0.349 e. The number of carbonyl (C=O) groups is 3. The number of thiophene rings is 1. The van der Waals surface area contributed by atoms with Crippen LogP contribution in [0.15, 0.2) is 17.5 Å². The molecule has 0 radical (unpaired) electrons. The number of nitrogens with one attached hydrogen (secondary N) is 1. The molecule has 34 heavy (non-hydrogen) atoms. The highest BCUT2D eigenvalue weighted by atomic mass is 32.1. The smallest absolute Gasteiger partial charge is 0.220 e. The molecular formula is C29H41NO3S. The van der Waals surface area contributed by atoms with Gasteiger partial charge in [0.05, 0.1) is 6.04 Å². The normalized spacial score (nSPS) is 41.2. The van der Waals surface area contributed by atoms with E-state index in [2.05, 4.69) is 44.5 Å². The fraction of sp³-hybridized carbons (Fsp3) is 0.759. The van der Waals surface area contributed by atoms with Crippen LogP contribution in [-0.4, -0.2) is 17.5 Å². The Labute approximate surface area is 208 Å². The van der Waals surface area contributed by atoms with E-state index in [1.165, 1.54) is 4.88 Å². The number of fused-ring (bicyclic) bond motifs is 5. The molecule has 0 bridgehead atoms. The second kappa shape index (κ2) is 8.87. The van der Waals surface area contributed by atoms with E-state index in [0.717, 1.165) is 32.1 Å². The van der Waals surface area contributed by atoms with Gasteiger partial charge in [0.15, 0.2) is 0 Å². The lowest BCUT2D eigenvalue weighted by atomic mass is 9.44. The summed E-state index contributed by atoms with van der Waals surface area (Å²) in [5, 5.41) is 5.26. The maximum absolute atomic E-state index is 13.5. The molecule has 186 valence electrons. The zero-order chi connectivity index (χ0) is 24.3. The second-order valence-electron chi connectivity index (χ2n) is 12.6. The first-order chi connectivity index (χ1) is 16.1. The molecule has 4 nitrogen and oxygen atoms in total. The van der Waals surface area contributed by atoms with Gasteiger partial charge in [-0.1, -0.05) is 26.8 Å². The van der Waals surface area contributed by atoms with Gasteiger partial charge in [0.2, 0.25) is 5.91 Å². The molecule has 5 heteroatoms. The van der Waals surface area contributed by atoms with E-state index in [-0.39, 0.29) is 34.6 Å². The molecule has 0 saturated heterocycles. The van der Waals surface area contributed by atoms with E-state index >= 15 is 0 Å². The summed E-state index contributed by atoms with van der Waals surface area (Å²) >= 11 is 1.68. The zero-order valence-electron chi connectivity index (χ0n) is 21.3. The SMILES string of the molecule is CC(NC(=O)C[C@@H](C)C1CC[C@H]2C3C(=O)CC4CC(=O)CCC4(C)[C@H]3CCC12C)c1cccs1. The number of hydrogen-bond donors (Lipinski definition) is 1. The van der Waals surface area contributed by atoms with Gasteiger partial charge >= 0.3 is 0 Å². The Morgan fingerprint density at radius 3 is 2.59 bits per heavy atom. The Hall–Kier alpha value is -1.49. The minimum atomic E-state index is 0.0537. The maximum Gasteiger partial charge on any atom is 0.220 e. The Kier molecular flexibility index (Phi) is 6.32. The van der Waals surface area contributed by atoms with E-state index in [9.17, 15) is 14.4 Å². The molecule has 1 aromatic rings. The number of Topliss-reactive ketones (excluding diaryl/α,β-unsaturated/α-hetero) is 2. The topological polar surface area (TPSA) is 63.2 Å². The van der Waals surface area contributed by atoms with Crippen LogP contribution in [0.2, 0.25) is 0 Å². The molecular weight excluding hydrogens is 442 g/mol. The molecule has 5 rings (SSSR count). The quantitative estimate of drug-likeness (QED) is 0.530. The van der Waals surface area contributed by atoms with Crippen molar-refractivity contribution < 1.29 is 14.4 Å². The van der Waals surface area contributed by atoms with Crippen molar-refractivity contribution >= 4 is 28.8 Å². The van der Waals surface area contributed by atoms with Gasteiger partial charge in [-0.3, -0.25) is 14.4 Å². The fourth-order valence-corrected chi connectivity index (χ4v) is 9.78. The molecule has 0 aliphatic heterocycles. The van der Waals surface area contributed by atoms with Crippen molar-refractivity contribution in [2.75, 3.05) is 0 Å². The highest BCUT2D eigenvalue weighted by Gasteiger charge is 2.63. The lowest BCUT2D eigenvalue weighted by Gasteiger charge is -2.59. The largest absolute Gasteiger partial charge is 0.349 e. The summed E-state index contributed by atoms with van der Waals surface area (Å²) in [5.74, 6) is 3.05. The van der Waals surface area contributed by atoms with Crippen LogP contribution in [0.5, 0.6) is 0 Å². The third kappa shape index (κ3) is 3.90. The van der Waals surface area contributed by atoms with Crippen molar-refractivity contribution in [2.24, 2.45) is 46.3 Å².